The van der Waals surface area contributed by atoms with Crippen LogP contribution in [0.15, 0.2) is 51.7 Å². The molecule has 2 heterocycles. The lowest BCUT2D eigenvalue weighted by atomic mass is 10.2. The molecule has 3 N–H and O–H groups in total. The van der Waals surface area contributed by atoms with Gasteiger partial charge in [0.1, 0.15) is 11.4 Å². The number of hydrogen-bond donors (Lipinski definition) is 3. The zero-order valence-corrected chi connectivity index (χ0v) is 14.1. The number of aromatic hydroxyl groups is 1. The molecule has 0 saturated heterocycles. The van der Waals surface area contributed by atoms with Crippen molar-refractivity contribution in [2.45, 2.75) is 0 Å². The molecule has 0 aliphatic heterocycles. The molecule has 0 atom stereocenters. The Balaban J connectivity index is 1.76. The van der Waals surface area contributed by atoms with Crippen LogP contribution in [0.4, 0.5) is 0 Å². The SMILES string of the molecule is O=C(N/N=C/c1ccc(O)c(Cl)c1)c1cc(-c2cccs2)[nH]c(=O)n1. The first kappa shape index (κ1) is 16.9. The van der Waals surface area contributed by atoms with E-state index in [0.717, 1.165) is 4.88 Å². The van der Waals surface area contributed by atoms with E-state index in [0.29, 0.717) is 11.3 Å². The lowest BCUT2D eigenvalue weighted by molar-refractivity contribution is 0.0949. The van der Waals surface area contributed by atoms with Crippen molar-refractivity contribution in [2.24, 2.45) is 5.10 Å². The average Bonchev–Trinajstić information content (AvgIpc) is 3.12. The van der Waals surface area contributed by atoms with E-state index in [2.05, 4.69) is 20.5 Å². The molecule has 0 saturated carbocycles. The Labute approximate surface area is 150 Å². The predicted molar refractivity (Wildman–Crippen MR) is 96.3 cm³/mol. The summed E-state index contributed by atoms with van der Waals surface area (Å²) in [6, 6.07) is 9.63. The van der Waals surface area contributed by atoms with Gasteiger partial charge in [0.15, 0.2) is 0 Å². The number of nitrogens with zero attached hydrogens (tertiary/aromatic N) is 2. The van der Waals surface area contributed by atoms with Crippen molar-refractivity contribution in [3.05, 3.63) is 68.5 Å². The molecule has 0 spiro atoms. The van der Waals surface area contributed by atoms with Crippen LogP contribution in [0, 0.1) is 0 Å². The molecule has 0 aliphatic rings. The fourth-order valence-electron chi connectivity index (χ4n) is 1.96. The molecule has 0 unspecified atom stereocenters. The zero-order chi connectivity index (χ0) is 17.8. The second-order valence-electron chi connectivity index (χ2n) is 4.87. The lowest BCUT2D eigenvalue weighted by Gasteiger charge is -2.02. The third-order valence-electron chi connectivity index (χ3n) is 3.12. The summed E-state index contributed by atoms with van der Waals surface area (Å²) in [6.07, 6.45) is 1.36. The number of aromatic nitrogens is 2. The maximum Gasteiger partial charge on any atom is 0.346 e. The van der Waals surface area contributed by atoms with Crippen molar-refractivity contribution in [3.8, 4) is 16.3 Å². The predicted octanol–water partition coefficient (Wildman–Crippen LogP) is 2.62. The van der Waals surface area contributed by atoms with Crippen LogP contribution >= 0.6 is 22.9 Å². The van der Waals surface area contributed by atoms with Gasteiger partial charge in [0.2, 0.25) is 0 Å². The summed E-state index contributed by atoms with van der Waals surface area (Å²) in [7, 11) is 0. The molecule has 0 bridgehead atoms. The van der Waals surface area contributed by atoms with E-state index in [4.69, 9.17) is 11.6 Å². The minimum atomic E-state index is -0.620. The summed E-state index contributed by atoms with van der Waals surface area (Å²) < 4.78 is 0. The summed E-state index contributed by atoms with van der Waals surface area (Å²) >= 11 is 7.22. The fourth-order valence-corrected chi connectivity index (χ4v) is 2.85. The Hall–Kier alpha value is -2.97. The first-order chi connectivity index (χ1) is 12.0. The van der Waals surface area contributed by atoms with Gasteiger partial charge in [0.25, 0.3) is 5.91 Å². The molecule has 25 heavy (non-hydrogen) atoms. The number of benzene rings is 1. The highest BCUT2D eigenvalue weighted by Crippen LogP contribution is 2.23. The maximum atomic E-state index is 12.1. The molecular formula is C16H11ClN4O3S. The van der Waals surface area contributed by atoms with Crippen LogP contribution in [-0.4, -0.2) is 27.2 Å². The summed E-state index contributed by atoms with van der Waals surface area (Å²) in [5.74, 6) is -0.665. The van der Waals surface area contributed by atoms with Crippen LogP contribution in [0.3, 0.4) is 0 Å². The zero-order valence-electron chi connectivity index (χ0n) is 12.6. The number of thiophene rings is 1. The molecule has 0 radical (unpaired) electrons. The summed E-state index contributed by atoms with van der Waals surface area (Å²) in [4.78, 5) is 30.8. The summed E-state index contributed by atoms with van der Waals surface area (Å²) in [6.45, 7) is 0. The standard InChI is InChI=1S/C16H11ClN4O3S/c17-10-6-9(3-4-13(10)22)8-18-21-15(23)12-7-11(19-16(24)20-12)14-2-1-5-25-14/h1-8,22H,(H,21,23)(H,19,20,24)/b18-8+. The Morgan fingerprint density at radius 2 is 2.20 bits per heavy atom. The number of amides is 1. The highest BCUT2D eigenvalue weighted by Gasteiger charge is 2.11. The van der Waals surface area contributed by atoms with E-state index in [1.165, 1.54) is 35.8 Å². The van der Waals surface area contributed by atoms with Crippen LogP contribution in [0.2, 0.25) is 5.02 Å². The van der Waals surface area contributed by atoms with E-state index in [1.54, 1.807) is 6.07 Å². The van der Waals surface area contributed by atoms with Crippen LogP contribution in [0.25, 0.3) is 10.6 Å². The smallest absolute Gasteiger partial charge is 0.346 e. The molecule has 126 valence electrons. The number of H-pyrrole nitrogens is 1. The number of aromatic amines is 1. The monoisotopic (exact) mass is 374 g/mol. The second kappa shape index (κ2) is 7.29. The number of carbonyl (C=O) groups excluding carboxylic acids is 1. The quantitative estimate of drug-likeness (QED) is 0.482. The highest BCUT2D eigenvalue weighted by molar-refractivity contribution is 7.13. The Morgan fingerprint density at radius 3 is 2.92 bits per heavy atom. The number of hydrogen-bond acceptors (Lipinski definition) is 6. The van der Waals surface area contributed by atoms with E-state index in [1.807, 2.05) is 17.5 Å². The van der Waals surface area contributed by atoms with E-state index in [-0.39, 0.29) is 16.5 Å². The Morgan fingerprint density at radius 1 is 1.36 bits per heavy atom. The topological polar surface area (TPSA) is 107 Å². The maximum absolute atomic E-state index is 12.1. The third kappa shape index (κ3) is 4.11. The van der Waals surface area contributed by atoms with Gasteiger partial charge in [0, 0.05) is 0 Å². The molecule has 9 heteroatoms. The van der Waals surface area contributed by atoms with Crippen molar-refractivity contribution in [2.75, 3.05) is 0 Å². The van der Waals surface area contributed by atoms with Crippen molar-refractivity contribution < 1.29 is 9.90 Å². The van der Waals surface area contributed by atoms with Gasteiger partial charge in [0.05, 0.1) is 21.8 Å². The van der Waals surface area contributed by atoms with E-state index >= 15 is 0 Å². The number of carbonyl (C=O) groups is 1. The minimum Gasteiger partial charge on any atom is -0.506 e. The molecule has 2 aromatic heterocycles. The van der Waals surface area contributed by atoms with Gasteiger partial charge in [-0.15, -0.1) is 11.3 Å². The number of hydrazone groups is 1. The highest BCUT2D eigenvalue weighted by atomic mass is 35.5. The largest absolute Gasteiger partial charge is 0.506 e. The molecule has 0 aliphatic carbocycles. The fraction of sp³-hybridized carbons (Fsp3) is 0. The molecule has 1 amide bonds. The Kier molecular flexibility index (Phi) is 4.92. The summed E-state index contributed by atoms with van der Waals surface area (Å²) in [5.41, 5.74) is 2.72. The third-order valence-corrected chi connectivity index (χ3v) is 4.32. The first-order valence-electron chi connectivity index (χ1n) is 7.00. The average molecular weight is 375 g/mol. The van der Waals surface area contributed by atoms with Gasteiger partial charge >= 0.3 is 5.69 Å². The van der Waals surface area contributed by atoms with Gasteiger partial charge in [-0.1, -0.05) is 17.7 Å². The minimum absolute atomic E-state index is 0.0448. The summed E-state index contributed by atoms with van der Waals surface area (Å²) in [5, 5.41) is 15.2. The van der Waals surface area contributed by atoms with Crippen LogP contribution in [0.5, 0.6) is 5.75 Å². The van der Waals surface area contributed by atoms with Crippen molar-refractivity contribution in [3.63, 3.8) is 0 Å². The number of halogens is 1. The van der Waals surface area contributed by atoms with Crippen LogP contribution in [-0.2, 0) is 0 Å². The lowest BCUT2D eigenvalue weighted by Crippen LogP contribution is -2.24. The molecule has 3 rings (SSSR count). The van der Waals surface area contributed by atoms with Crippen LogP contribution in [0.1, 0.15) is 16.1 Å². The van der Waals surface area contributed by atoms with Gasteiger partial charge in [-0.3, -0.25) is 4.79 Å². The van der Waals surface area contributed by atoms with Gasteiger partial charge in [-0.2, -0.15) is 10.1 Å². The van der Waals surface area contributed by atoms with Crippen molar-refractivity contribution in [1.82, 2.24) is 15.4 Å². The molecule has 3 aromatic rings. The van der Waals surface area contributed by atoms with E-state index in [9.17, 15) is 14.7 Å². The molecular weight excluding hydrogens is 364 g/mol. The number of phenolic OH excluding ortho intramolecular Hbond substituents is 1. The van der Waals surface area contributed by atoms with Crippen molar-refractivity contribution in [1.29, 1.82) is 0 Å². The van der Waals surface area contributed by atoms with Crippen LogP contribution < -0.4 is 11.1 Å². The second-order valence-corrected chi connectivity index (χ2v) is 6.23. The number of nitrogens with one attached hydrogen (secondary N) is 2. The van der Waals surface area contributed by atoms with E-state index < -0.39 is 11.6 Å². The first-order valence-corrected chi connectivity index (χ1v) is 8.26. The molecule has 7 nitrogen and oxygen atoms in total. The van der Waals surface area contributed by atoms with Gasteiger partial charge in [-0.25, -0.2) is 10.2 Å². The number of rotatable bonds is 4. The Bertz CT molecular complexity index is 999. The molecule has 0 fully saturated rings. The number of phenols is 1. The van der Waals surface area contributed by atoms with Crippen molar-refractivity contribution >= 4 is 35.1 Å². The van der Waals surface area contributed by atoms with Gasteiger partial charge < -0.3 is 10.1 Å². The van der Waals surface area contributed by atoms with Gasteiger partial charge in [-0.05, 0) is 41.3 Å². The molecule has 1 aromatic carbocycles. The normalized spacial score (nSPS) is 10.9.